The van der Waals surface area contributed by atoms with Crippen molar-refractivity contribution in [2.45, 2.75) is 34.6 Å². The van der Waals surface area contributed by atoms with Crippen molar-refractivity contribution < 1.29 is 20.1 Å². The number of phenolic OH excluding ortho intramolecular Hbond substituents is 2. The molecule has 36 heavy (non-hydrogen) atoms. The van der Waals surface area contributed by atoms with Crippen LogP contribution in [-0.2, 0) is 0 Å². The molecular weight excluding hydrogens is 464 g/mol. The van der Waals surface area contributed by atoms with Crippen LogP contribution in [0, 0.1) is 27.7 Å². The van der Waals surface area contributed by atoms with Gasteiger partial charge in [-0.25, -0.2) is 9.35 Å². The van der Waals surface area contributed by atoms with Gasteiger partial charge < -0.3 is 21.2 Å². The van der Waals surface area contributed by atoms with E-state index in [9.17, 15) is 15.0 Å². The van der Waals surface area contributed by atoms with Gasteiger partial charge in [-0.15, -0.1) is 20.4 Å². The van der Waals surface area contributed by atoms with Crippen LogP contribution in [0.5, 0.6) is 11.5 Å². The van der Waals surface area contributed by atoms with Crippen LogP contribution < -0.4 is 5.84 Å². The van der Waals surface area contributed by atoms with E-state index in [0.717, 1.165) is 34.1 Å². The lowest BCUT2D eigenvalue weighted by Gasteiger charge is -2.04. The number of aromatic hydroxyl groups is 2. The molecule has 192 valence electrons. The molecule has 0 aliphatic carbocycles. The molecule has 2 heterocycles. The Hall–Kier alpha value is -4.58. The third-order valence-corrected chi connectivity index (χ3v) is 4.47. The van der Waals surface area contributed by atoms with E-state index in [1.165, 1.54) is 34.7 Å². The number of nitrogen functional groups attached to an aromatic ring is 1. The Morgan fingerprint density at radius 1 is 0.806 bits per heavy atom. The normalized spacial score (nSPS) is 9.83. The number of phenols is 2. The maximum absolute atomic E-state index is 10.4. The summed E-state index contributed by atoms with van der Waals surface area (Å²) in [6.45, 7) is 9.27. The lowest BCUT2D eigenvalue weighted by atomic mass is 10.1. The van der Waals surface area contributed by atoms with Gasteiger partial charge in [-0.05, 0) is 86.7 Å². The minimum Gasteiger partial charge on any atom is -0.508 e. The first-order valence-corrected chi connectivity index (χ1v) is 10.8. The highest BCUT2D eigenvalue weighted by atomic mass is 16.3. The molecule has 0 saturated carbocycles. The van der Waals surface area contributed by atoms with Gasteiger partial charge in [-0.2, -0.15) is 5.10 Å². The van der Waals surface area contributed by atoms with Gasteiger partial charge in [0.25, 0.3) is 0 Å². The number of aliphatic hydroxyl groups excluding tert-OH is 1. The number of hydrogen-bond acceptors (Lipinski definition) is 10. The lowest BCUT2D eigenvalue weighted by Crippen LogP contribution is -2.02. The van der Waals surface area contributed by atoms with Crippen molar-refractivity contribution in [2.75, 3.05) is 12.4 Å². The number of carbonyl (C=O) groups excluding carboxylic acids is 1. The summed E-state index contributed by atoms with van der Waals surface area (Å²) < 4.78 is 2.79. The molecule has 0 radical (unpaired) electrons. The van der Waals surface area contributed by atoms with Crippen molar-refractivity contribution in [1.82, 2.24) is 29.7 Å². The number of carbonyl (C=O) groups is 1. The van der Waals surface area contributed by atoms with Gasteiger partial charge in [-0.3, -0.25) is 4.79 Å². The minimum absolute atomic E-state index is 0.244. The number of hydrogen-bond donors (Lipinski definition) is 4. The fourth-order valence-electron chi connectivity index (χ4n) is 2.51. The molecule has 0 amide bonds. The number of nitrogens with two attached hydrogens (primary N) is 1. The van der Waals surface area contributed by atoms with Gasteiger partial charge in [-0.1, -0.05) is 0 Å². The fourth-order valence-corrected chi connectivity index (χ4v) is 2.51. The quantitative estimate of drug-likeness (QED) is 0.188. The standard InChI is InChI=1S/C11H12N4O.C9H10O2.C2H4N4.C2H6O/c1-8-4-11(16)9(2)3-10(8)5-14-15-6-12-13-7-15;1-6-4-9(11)7(2)3-8(6)5-10;3-6-1-4-5-2-6;1-2-3/h3-7,16H,1-2H3;3-5,11H,1-2H3;1-2H,3H2;3H,2H2,1H3/b14-5+;;;. The molecule has 5 N–H and O–H groups in total. The van der Waals surface area contributed by atoms with E-state index in [0.29, 0.717) is 11.3 Å². The first-order valence-electron chi connectivity index (χ1n) is 10.8. The largest absolute Gasteiger partial charge is 0.508 e. The lowest BCUT2D eigenvalue weighted by molar-refractivity contribution is 0.112. The molecule has 12 nitrogen and oxygen atoms in total. The number of benzene rings is 2. The monoisotopic (exact) mass is 496 g/mol. The van der Waals surface area contributed by atoms with E-state index in [1.54, 1.807) is 45.2 Å². The first kappa shape index (κ1) is 29.5. The maximum atomic E-state index is 10.4. The fraction of sp³-hybridized carbons (Fsp3) is 0.250. The number of aromatic nitrogens is 6. The highest BCUT2D eigenvalue weighted by Gasteiger charge is 2.02. The molecule has 12 heteroatoms. The summed E-state index contributed by atoms with van der Waals surface area (Å²) >= 11 is 0. The smallest absolute Gasteiger partial charge is 0.150 e. The molecule has 2 aromatic heterocycles. The second-order valence-electron chi connectivity index (χ2n) is 7.42. The van der Waals surface area contributed by atoms with Gasteiger partial charge in [0.05, 0.1) is 6.21 Å². The molecular formula is C24H32N8O4. The Kier molecular flexibility index (Phi) is 12.6. The summed E-state index contributed by atoms with van der Waals surface area (Å²) in [6, 6.07) is 6.89. The maximum Gasteiger partial charge on any atom is 0.150 e. The minimum atomic E-state index is 0.244. The molecule has 0 saturated heterocycles. The Morgan fingerprint density at radius 3 is 1.64 bits per heavy atom. The van der Waals surface area contributed by atoms with Gasteiger partial charge in [0.1, 0.15) is 43.1 Å². The molecule has 4 rings (SSSR count). The molecule has 0 unspecified atom stereocenters. The Balaban J connectivity index is 0.000000279. The van der Waals surface area contributed by atoms with E-state index in [4.69, 9.17) is 10.9 Å². The van der Waals surface area contributed by atoms with Gasteiger partial charge in [0, 0.05) is 12.2 Å². The molecule has 0 fully saturated rings. The number of nitrogens with zero attached hydrogens (tertiary/aromatic N) is 7. The summed E-state index contributed by atoms with van der Waals surface area (Å²) in [6.07, 6.45) is 8.37. The molecule has 0 atom stereocenters. The zero-order chi connectivity index (χ0) is 27.1. The Labute approximate surface area is 209 Å². The topological polar surface area (TPSA) is 178 Å². The van der Waals surface area contributed by atoms with Crippen molar-refractivity contribution in [3.05, 3.63) is 83.0 Å². The molecule has 0 aliphatic heterocycles. The average molecular weight is 497 g/mol. The second kappa shape index (κ2) is 15.3. The summed E-state index contributed by atoms with van der Waals surface area (Å²) in [5.41, 5.74) is 4.95. The Morgan fingerprint density at radius 2 is 1.22 bits per heavy atom. The molecule has 4 aromatic rings. The van der Waals surface area contributed by atoms with Gasteiger partial charge in [0.2, 0.25) is 0 Å². The van der Waals surface area contributed by atoms with Crippen LogP contribution in [-0.4, -0.2) is 64.2 Å². The van der Waals surface area contributed by atoms with Crippen LogP contribution in [0.1, 0.15) is 45.1 Å². The van der Waals surface area contributed by atoms with Crippen LogP contribution in [0.25, 0.3) is 0 Å². The molecule has 2 aromatic carbocycles. The van der Waals surface area contributed by atoms with Crippen molar-refractivity contribution in [3.63, 3.8) is 0 Å². The van der Waals surface area contributed by atoms with Crippen LogP contribution in [0.4, 0.5) is 0 Å². The predicted molar refractivity (Wildman–Crippen MR) is 136 cm³/mol. The predicted octanol–water partition coefficient (Wildman–Crippen LogP) is 2.29. The van der Waals surface area contributed by atoms with Crippen LogP contribution in [0.2, 0.25) is 0 Å². The van der Waals surface area contributed by atoms with Crippen molar-refractivity contribution >= 4 is 12.5 Å². The average Bonchev–Trinajstić information content (AvgIpc) is 3.53. The highest BCUT2D eigenvalue weighted by molar-refractivity contribution is 5.82. The van der Waals surface area contributed by atoms with Crippen molar-refractivity contribution in [2.24, 2.45) is 5.10 Å². The van der Waals surface area contributed by atoms with E-state index in [1.807, 2.05) is 19.9 Å². The third kappa shape index (κ3) is 10.1. The second-order valence-corrected chi connectivity index (χ2v) is 7.42. The van der Waals surface area contributed by atoms with Crippen LogP contribution in [0.15, 0.2) is 54.7 Å². The number of aldehydes is 1. The van der Waals surface area contributed by atoms with Crippen molar-refractivity contribution in [1.29, 1.82) is 0 Å². The summed E-state index contributed by atoms with van der Waals surface area (Å²) in [5, 5.41) is 44.5. The highest BCUT2D eigenvalue weighted by Crippen LogP contribution is 2.20. The van der Waals surface area contributed by atoms with E-state index < -0.39 is 0 Å². The number of rotatable bonds is 3. The summed E-state index contributed by atoms with van der Waals surface area (Å²) in [5.74, 6) is 5.62. The van der Waals surface area contributed by atoms with E-state index in [2.05, 4.69) is 25.5 Å². The van der Waals surface area contributed by atoms with Crippen LogP contribution in [0.3, 0.4) is 0 Å². The van der Waals surface area contributed by atoms with Gasteiger partial charge in [0.15, 0.2) is 0 Å². The van der Waals surface area contributed by atoms with Crippen molar-refractivity contribution in [3.8, 4) is 11.5 Å². The van der Waals surface area contributed by atoms with E-state index in [-0.39, 0.29) is 12.4 Å². The van der Waals surface area contributed by atoms with Crippen LogP contribution >= 0.6 is 0 Å². The zero-order valence-corrected chi connectivity index (χ0v) is 20.9. The first-order chi connectivity index (χ1) is 17.1. The summed E-state index contributed by atoms with van der Waals surface area (Å²) in [7, 11) is 0. The molecule has 0 aliphatic rings. The van der Waals surface area contributed by atoms with Gasteiger partial charge >= 0.3 is 0 Å². The third-order valence-electron chi connectivity index (χ3n) is 4.47. The van der Waals surface area contributed by atoms with E-state index >= 15 is 0 Å². The molecule has 0 spiro atoms. The zero-order valence-electron chi connectivity index (χ0n) is 20.9. The number of aryl methyl sites for hydroxylation is 4. The number of aliphatic hydroxyl groups is 1. The SMILES string of the molecule is CCO.Cc1cc(/C=N/n2cnnc2)c(C)cc1O.Cc1cc(C=O)c(C)cc1O.Nn1cnnc1. The summed E-state index contributed by atoms with van der Waals surface area (Å²) in [4.78, 5) is 10.4. The molecule has 0 bridgehead atoms. The Bertz CT molecular complexity index is 1220.